The van der Waals surface area contributed by atoms with Gasteiger partial charge in [-0.15, -0.1) is 0 Å². The topological polar surface area (TPSA) is 93.5 Å². The van der Waals surface area contributed by atoms with Crippen molar-refractivity contribution in [3.05, 3.63) is 18.0 Å². The van der Waals surface area contributed by atoms with Gasteiger partial charge in [0.25, 0.3) is 0 Å². The normalized spacial score (nSPS) is 14.2. The van der Waals surface area contributed by atoms with Gasteiger partial charge in [-0.2, -0.15) is 5.10 Å². The van der Waals surface area contributed by atoms with Gasteiger partial charge >= 0.3 is 12.1 Å². The van der Waals surface area contributed by atoms with Crippen LogP contribution in [0.25, 0.3) is 0 Å². The highest BCUT2D eigenvalue weighted by molar-refractivity contribution is 5.80. The SMILES string of the molecule is CCCc1cnn(C(C)C(NC(=O)OC(C)(C)C)C(=O)O)c1. The molecular weight excluding hydrogens is 286 g/mol. The summed E-state index contributed by atoms with van der Waals surface area (Å²) in [5.41, 5.74) is 0.354. The average Bonchev–Trinajstić information content (AvgIpc) is 2.82. The molecule has 22 heavy (non-hydrogen) atoms. The van der Waals surface area contributed by atoms with Gasteiger partial charge < -0.3 is 15.2 Å². The van der Waals surface area contributed by atoms with Gasteiger partial charge in [0, 0.05) is 6.20 Å². The first-order valence-corrected chi connectivity index (χ1v) is 7.39. The first kappa shape index (κ1) is 18.0. The first-order chi connectivity index (χ1) is 10.1. The molecule has 0 aliphatic carbocycles. The molecule has 7 heteroatoms. The summed E-state index contributed by atoms with van der Waals surface area (Å²) in [7, 11) is 0. The van der Waals surface area contributed by atoms with Crippen molar-refractivity contribution in [2.24, 2.45) is 0 Å². The van der Waals surface area contributed by atoms with E-state index < -0.39 is 29.7 Å². The van der Waals surface area contributed by atoms with Crippen molar-refractivity contribution in [3.63, 3.8) is 0 Å². The lowest BCUT2D eigenvalue weighted by molar-refractivity contribution is -0.140. The van der Waals surface area contributed by atoms with Crippen LogP contribution < -0.4 is 5.32 Å². The molecule has 2 N–H and O–H groups in total. The fourth-order valence-electron chi connectivity index (χ4n) is 1.99. The number of carboxylic acid groups (broad SMARTS) is 1. The molecule has 1 rings (SSSR count). The van der Waals surface area contributed by atoms with E-state index >= 15 is 0 Å². The lowest BCUT2D eigenvalue weighted by Gasteiger charge is -2.25. The second kappa shape index (κ2) is 7.29. The first-order valence-electron chi connectivity index (χ1n) is 7.39. The number of alkyl carbamates (subject to hydrolysis) is 1. The maximum Gasteiger partial charge on any atom is 0.408 e. The zero-order valence-corrected chi connectivity index (χ0v) is 13.8. The molecule has 124 valence electrons. The number of aromatic nitrogens is 2. The third kappa shape index (κ3) is 5.38. The minimum absolute atomic E-state index is 0.532. The van der Waals surface area contributed by atoms with E-state index in [0.29, 0.717) is 0 Å². The van der Waals surface area contributed by atoms with Gasteiger partial charge in [-0.05, 0) is 39.7 Å². The summed E-state index contributed by atoms with van der Waals surface area (Å²) in [6.07, 6.45) is 4.63. The molecule has 2 unspecified atom stereocenters. The Bertz CT molecular complexity index is 519. The highest BCUT2D eigenvalue weighted by atomic mass is 16.6. The van der Waals surface area contributed by atoms with E-state index in [4.69, 9.17) is 4.74 Å². The number of nitrogens with zero attached hydrogens (tertiary/aromatic N) is 2. The number of aryl methyl sites for hydroxylation is 1. The zero-order chi connectivity index (χ0) is 16.9. The molecule has 1 amide bonds. The van der Waals surface area contributed by atoms with Gasteiger partial charge in [0.15, 0.2) is 6.04 Å². The summed E-state index contributed by atoms with van der Waals surface area (Å²) in [6, 6.07) is -1.65. The minimum Gasteiger partial charge on any atom is -0.480 e. The third-order valence-corrected chi connectivity index (χ3v) is 3.03. The quantitative estimate of drug-likeness (QED) is 0.841. The molecule has 2 atom stereocenters. The monoisotopic (exact) mass is 311 g/mol. The van der Waals surface area contributed by atoms with Crippen molar-refractivity contribution in [3.8, 4) is 0 Å². The highest BCUT2D eigenvalue weighted by Gasteiger charge is 2.30. The van der Waals surface area contributed by atoms with E-state index in [1.165, 1.54) is 0 Å². The summed E-state index contributed by atoms with van der Waals surface area (Å²) >= 11 is 0. The maximum absolute atomic E-state index is 11.8. The maximum atomic E-state index is 11.8. The molecule has 0 radical (unpaired) electrons. The highest BCUT2D eigenvalue weighted by Crippen LogP contribution is 2.14. The largest absolute Gasteiger partial charge is 0.480 e. The summed E-state index contributed by atoms with van der Waals surface area (Å²) < 4.78 is 6.66. The number of hydrogen-bond donors (Lipinski definition) is 2. The van der Waals surface area contributed by atoms with Gasteiger partial charge in [-0.25, -0.2) is 9.59 Å². The molecule has 0 saturated carbocycles. The van der Waals surface area contributed by atoms with E-state index in [1.807, 2.05) is 0 Å². The van der Waals surface area contributed by atoms with E-state index in [9.17, 15) is 14.7 Å². The standard InChI is InChI=1S/C15H25N3O4/c1-6-7-11-8-16-18(9-11)10(2)12(13(19)20)17-14(21)22-15(3,4)5/h8-10,12H,6-7H2,1-5H3,(H,17,21)(H,19,20). The van der Waals surface area contributed by atoms with Crippen LogP contribution in [0.1, 0.15) is 52.6 Å². The smallest absolute Gasteiger partial charge is 0.408 e. The molecule has 0 bridgehead atoms. The molecular formula is C15H25N3O4. The Morgan fingerprint density at radius 2 is 2.09 bits per heavy atom. The Balaban J connectivity index is 2.81. The van der Waals surface area contributed by atoms with Crippen molar-refractivity contribution in [2.45, 2.75) is 65.1 Å². The molecule has 0 fully saturated rings. The summed E-state index contributed by atoms with van der Waals surface area (Å²) in [5.74, 6) is -1.13. The van der Waals surface area contributed by atoms with Crippen LogP contribution in [-0.4, -0.2) is 38.6 Å². The van der Waals surface area contributed by atoms with E-state index in [-0.39, 0.29) is 0 Å². The Labute approximate surface area is 130 Å². The minimum atomic E-state index is -1.13. The average molecular weight is 311 g/mol. The Morgan fingerprint density at radius 1 is 1.45 bits per heavy atom. The number of carbonyl (C=O) groups excluding carboxylic acids is 1. The molecule has 0 aromatic carbocycles. The Hall–Kier alpha value is -2.05. The molecule has 0 saturated heterocycles. The number of aliphatic carboxylic acids is 1. The molecule has 1 aromatic rings. The number of amides is 1. The number of hydrogen-bond acceptors (Lipinski definition) is 4. The number of nitrogens with one attached hydrogen (secondary N) is 1. The summed E-state index contributed by atoms with van der Waals surface area (Å²) in [5, 5.41) is 15.9. The fourth-order valence-corrected chi connectivity index (χ4v) is 1.99. The van der Waals surface area contributed by atoms with Gasteiger partial charge in [0.2, 0.25) is 0 Å². The summed E-state index contributed by atoms with van der Waals surface area (Å²) in [6.45, 7) is 8.91. The number of rotatable bonds is 6. The van der Waals surface area contributed by atoms with Gasteiger partial charge in [0.1, 0.15) is 5.60 Å². The van der Waals surface area contributed by atoms with Crippen molar-refractivity contribution in [2.75, 3.05) is 0 Å². The molecule has 1 aromatic heterocycles. The number of carboxylic acids is 1. The van der Waals surface area contributed by atoms with Crippen LogP contribution in [0.15, 0.2) is 12.4 Å². The molecule has 1 heterocycles. The van der Waals surface area contributed by atoms with Crippen molar-refractivity contribution >= 4 is 12.1 Å². The lowest BCUT2D eigenvalue weighted by Crippen LogP contribution is -2.47. The van der Waals surface area contributed by atoms with Gasteiger partial charge in [-0.1, -0.05) is 13.3 Å². The second-order valence-corrected chi connectivity index (χ2v) is 6.28. The predicted molar refractivity (Wildman–Crippen MR) is 81.7 cm³/mol. The third-order valence-electron chi connectivity index (χ3n) is 3.03. The van der Waals surface area contributed by atoms with Crippen LogP contribution in [0, 0.1) is 0 Å². The van der Waals surface area contributed by atoms with Crippen LogP contribution in [0.5, 0.6) is 0 Å². The molecule has 7 nitrogen and oxygen atoms in total. The Morgan fingerprint density at radius 3 is 2.59 bits per heavy atom. The number of ether oxygens (including phenoxy) is 1. The van der Waals surface area contributed by atoms with E-state index in [0.717, 1.165) is 18.4 Å². The van der Waals surface area contributed by atoms with E-state index in [2.05, 4.69) is 17.3 Å². The summed E-state index contributed by atoms with van der Waals surface area (Å²) in [4.78, 5) is 23.2. The van der Waals surface area contributed by atoms with Crippen LogP contribution >= 0.6 is 0 Å². The van der Waals surface area contributed by atoms with E-state index in [1.54, 1.807) is 44.8 Å². The molecule has 0 aliphatic rings. The van der Waals surface area contributed by atoms with Crippen LogP contribution in [0.4, 0.5) is 4.79 Å². The van der Waals surface area contributed by atoms with Crippen molar-refractivity contribution < 1.29 is 19.4 Å². The molecule has 0 spiro atoms. The molecule has 0 aliphatic heterocycles. The van der Waals surface area contributed by atoms with Crippen molar-refractivity contribution in [1.82, 2.24) is 15.1 Å². The van der Waals surface area contributed by atoms with Crippen LogP contribution in [0.2, 0.25) is 0 Å². The Kier molecular flexibility index (Phi) is 5.96. The fraction of sp³-hybridized carbons (Fsp3) is 0.667. The van der Waals surface area contributed by atoms with Crippen LogP contribution in [0.3, 0.4) is 0 Å². The predicted octanol–water partition coefficient (Wildman–Crippen LogP) is 2.37. The van der Waals surface area contributed by atoms with Crippen LogP contribution in [-0.2, 0) is 16.0 Å². The van der Waals surface area contributed by atoms with Gasteiger partial charge in [-0.3, -0.25) is 4.68 Å². The number of carbonyl (C=O) groups is 2. The zero-order valence-electron chi connectivity index (χ0n) is 13.8. The van der Waals surface area contributed by atoms with Crippen molar-refractivity contribution in [1.29, 1.82) is 0 Å². The second-order valence-electron chi connectivity index (χ2n) is 6.28. The lowest BCUT2D eigenvalue weighted by atomic mass is 10.1. The van der Waals surface area contributed by atoms with Gasteiger partial charge in [0.05, 0.1) is 12.2 Å².